The van der Waals surface area contributed by atoms with Gasteiger partial charge in [-0.1, -0.05) is 0 Å². The number of anilines is 1. The second-order valence-corrected chi connectivity index (χ2v) is 3.99. The molecule has 1 aliphatic rings. The van der Waals surface area contributed by atoms with Crippen LogP contribution in [0, 0.1) is 5.92 Å². The molecule has 1 aromatic heterocycles. The third-order valence-corrected chi connectivity index (χ3v) is 2.88. The van der Waals surface area contributed by atoms with E-state index in [2.05, 4.69) is 4.98 Å². The summed E-state index contributed by atoms with van der Waals surface area (Å²) in [6, 6.07) is 1.38. The lowest BCUT2D eigenvalue weighted by molar-refractivity contribution is -0.116. The van der Waals surface area contributed by atoms with Crippen molar-refractivity contribution in [2.24, 2.45) is 5.92 Å². The zero-order chi connectivity index (χ0) is 13.3. The Morgan fingerprint density at radius 2 is 2.33 bits per heavy atom. The molecule has 0 bridgehead atoms. The van der Waals surface area contributed by atoms with Crippen LogP contribution in [0.3, 0.4) is 0 Å². The molecule has 4 N–H and O–H groups in total. The number of ether oxygens (including phenoxy) is 1. The predicted molar refractivity (Wildman–Crippen MR) is 59.5 cm³/mol. The van der Waals surface area contributed by atoms with Gasteiger partial charge in [-0.15, -0.1) is 0 Å². The van der Waals surface area contributed by atoms with Gasteiger partial charge in [-0.25, -0.2) is 4.79 Å². The van der Waals surface area contributed by atoms with Gasteiger partial charge >= 0.3 is 5.69 Å². The quantitative estimate of drug-likeness (QED) is 0.527. The average molecular weight is 255 g/mol. The van der Waals surface area contributed by atoms with Crippen LogP contribution >= 0.6 is 0 Å². The molecule has 0 aromatic carbocycles. The van der Waals surface area contributed by atoms with E-state index in [1.165, 1.54) is 12.3 Å². The molecule has 0 unspecified atom stereocenters. The van der Waals surface area contributed by atoms with Crippen molar-refractivity contribution in [2.45, 2.75) is 18.4 Å². The first-order valence-corrected chi connectivity index (χ1v) is 5.33. The molecule has 1 fully saturated rings. The first kappa shape index (κ1) is 12.7. The molecular weight excluding hydrogens is 242 g/mol. The first-order chi connectivity index (χ1) is 8.58. The van der Waals surface area contributed by atoms with Crippen molar-refractivity contribution in [3.8, 4) is 0 Å². The highest BCUT2D eigenvalue weighted by molar-refractivity contribution is 5.56. The van der Waals surface area contributed by atoms with E-state index in [1.807, 2.05) is 0 Å². The fourth-order valence-corrected chi connectivity index (χ4v) is 1.94. The third-order valence-electron chi connectivity index (χ3n) is 2.88. The second kappa shape index (κ2) is 4.84. The molecular formula is C10H13N3O5. The Balaban J connectivity index is 2.38. The van der Waals surface area contributed by atoms with Gasteiger partial charge in [-0.2, -0.15) is 4.98 Å². The van der Waals surface area contributed by atoms with Gasteiger partial charge in [0.2, 0.25) is 0 Å². The van der Waals surface area contributed by atoms with E-state index in [0.29, 0.717) is 6.29 Å². The van der Waals surface area contributed by atoms with E-state index >= 15 is 0 Å². The summed E-state index contributed by atoms with van der Waals surface area (Å²) < 4.78 is 6.35. The number of hydrogen-bond acceptors (Lipinski definition) is 7. The van der Waals surface area contributed by atoms with Gasteiger partial charge in [0.1, 0.15) is 18.2 Å². The summed E-state index contributed by atoms with van der Waals surface area (Å²) in [5.74, 6) is -0.888. The highest BCUT2D eigenvalue weighted by Gasteiger charge is 2.44. The number of carbonyl (C=O) groups excluding carboxylic acids is 1. The Labute approximate surface area is 102 Å². The Morgan fingerprint density at radius 3 is 2.89 bits per heavy atom. The lowest BCUT2D eigenvalue weighted by atomic mass is 10.0. The molecule has 0 saturated carbocycles. The van der Waals surface area contributed by atoms with E-state index in [-0.39, 0.29) is 5.82 Å². The molecule has 8 heteroatoms. The highest BCUT2D eigenvalue weighted by Crippen LogP contribution is 2.32. The summed E-state index contributed by atoms with van der Waals surface area (Å²) in [6.45, 7) is -0.445. The van der Waals surface area contributed by atoms with Crippen LogP contribution in [0.5, 0.6) is 0 Å². The number of aliphatic hydroxyl groups excluding tert-OH is 2. The lowest BCUT2D eigenvalue weighted by Crippen LogP contribution is -2.33. The highest BCUT2D eigenvalue weighted by atomic mass is 16.5. The molecule has 0 spiro atoms. The minimum Gasteiger partial charge on any atom is -0.394 e. The van der Waals surface area contributed by atoms with E-state index in [1.54, 1.807) is 0 Å². The summed E-state index contributed by atoms with van der Waals surface area (Å²) in [5, 5.41) is 18.8. The van der Waals surface area contributed by atoms with Crippen LogP contribution in [0.15, 0.2) is 17.1 Å². The molecule has 1 aromatic rings. The summed E-state index contributed by atoms with van der Waals surface area (Å²) >= 11 is 0. The molecule has 4 atom stereocenters. The molecule has 1 saturated heterocycles. The SMILES string of the molecule is Nc1ccn([C@@H]2O[C@H](CO)[C@@H](O)[C@H]2C=O)c(=O)n1. The fourth-order valence-electron chi connectivity index (χ4n) is 1.94. The number of carbonyl (C=O) groups is 1. The molecule has 2 rings (SSSR count). The number of nitrogens with zero attached hydrogens (tertiary/aromatic N) is 2. The molecule has 18 heavy (non-hydrogen) atoms. The van der Waals surface area contributed by atoms with Crippen molar-refractivity contribution in [1.29, 1.82) is 0 Å². The fraction of sp³-hybridized carbons (Fsp3) is 0.500. The minimum absolute atomic E-state index is 0.0520. The molecule has 0 aliphatic carbocycles. The maximum absolute atomic E-state index is 11.6. The first-order valence-electron chi connectivity index (χ1n) is 5.33. The Bertz CT molecular complexity index is 503. The molecule has 1 aliphatic heterocycles. The second-order valence-electron chi connectivity index (χ2n) is 3.99. The maximum atomic E-state index is 11.6. The van der Waals surface area contributed by atoms with Crippen LogP contribution in [0.4, 0.5) is 5.82 Å². The molecule has 98 valence electrons. The lowest BCUT2D eigenvalue weighted by Gasteiger charge is -2.16. The number of aliphatic hydroxyl groups is 2. The number of nitrogens with two attached hydrogens (primary N) is 1. The van der Waals surface area contributed by atoms with Crippen molar-refractivity contribution < 1.29 is 19.7 Å². The summed E-state index contributed by atoms with van der Waals surface area (Å²) in [6.07, 6.45) is -1.24. The smallest absolute Gasteiger partial charge is 0.351 e. The van der Waals surface area contributed by atoms with Gasteiger partial charge in [-0.3, -0.25) is 4.57 Å². The standard InChI is InChI=1S/C10H13N3O5/c11-7-1-2-13(10(17)12-7)9-5(3-14)8(16)6(4-15)18-9/h1-3,5-6,8-9,15-16H,4H2,(H2,11,12,17)/t5-,6-,8+,9-/m1/s1. The summed E-state index contributed by atoms with van der Waals surface area (Å²) in [4.78, 5) is 26.1. The minimum atomic E-state index is -1.16. The van der Waals surface area contributed by atoms with Crippen LogP contribution in [0.2, 0.25) is 0 Å². The van der Waals surface area contributed by atoms with E-state index < -0.39 is 36.7 Å². The molecule has 8 nitrogen and oxygen atoms in total. The van der Waals surface area contributed by atoms with Crippen LogP contribution in [-0.2, 0) is 9.53 Å². The predicted octanol–water partition coefficient (Wildman–Crippen LogP) is -2.11. The maximum Gasteiger partial charge on any atom is 0.351 e. The summed E-state index contributed by atoms with van der Waals surface area (Å²) in [5.41, 5.74) is 4.67. The number of rotatable bonds is 3. The number of nitrogen functional groups attached to an aromatic ring is 1. The van der Waals surface area contributed by atoms with Crippen molar-refractivity contribution in [1.82, 2.24) is 9.55 Å². The van der Waals surface area contributed by atoms with Crippen molar-refractivity contribution in [2.75, 3.05) is 12.3 Å². The molecule has 2 heterocycles. The monoisotopic (exact) mass is 255 g/mol. The number of aldehydes is 1. The van der Waals surface area contributed by atoms with E-state index in [0.717, 1.165) is 4.57 Å². The topological polar surface area (TPSA) is 128 Å². The van der Waals surface area contributed by atoms with Gasteiger partial charge in [0.25, 0.3) is 0 Å². The van der Waals surface area contributed by atoms with Gasteiger partial charge in [0.05, 0.1) is 18.6 Å². The van der Waals surface area contributed by atoms with Crippen molar-refractivity contribution in [3.05, 3.63) is 22.7 Å². The van der Waals surface area contributed by atoms with Gasteiger partial charge < -0.3 is 25.5 Å². The van der Waals surface area contributed by atoms with E-state index in [4.69, 9.17) is 15.6 Å². The number of hydrogen-bond donors (Lipinski definition) is 3. The molecule has 0 amide bonds. The summed E-state index contributed by atoms with van der Waals surface area (Å²) in [7, 11) is 0. The number of aromatic nitrogens is 2. The van der Waals surface area contributed by atoms with E-state index in [9.17, 15) is 14.7 Å². The largest absolute Gasteiger partial charge is 0.394 e. The van der Waals surface area contributed by atoms with Gasteiger partial charge in [-0.05, 0) is 6.07 Å². The zero-order valence-corrected chi connectivity index (χ0v) is 9.34. The van der Waals surface area contributed by atoms with Crippen molar-refractivity contribution in [3.63, 3.8) is 0 Å². The molecule has 0 radical (unpaired) electrons. The van der Waals surface area contributed by atoms with Crippen LogP contribution in [0.25, 0.3) is 0 Å². The van der Waals surface area contributed by atoms with Crippen LogP contribution < -0.4 is 11.4 Å². The normalized spacial score (nSPS) is 31.4. The van der Waals surface area contributed by atoms with Gasteiger partial charge in [0, 0.05) is 6.20 Å². The van der Waals surface area contributed by atoms with Crippen LogP contribution in [0.1, 0.15) is 6.23 Å². The Morgan fingerprint density at radius 1 is 1.61 bits per heavy atom. The zero-order valence-electron chi connectivity index (χ0n) is 9.34. The van der Waals surface area contributed by atoms with Crippen LogP contribution in [-0.4, -0.2) is 44.9 Å². The van der Waals surface area contributed by atoms with Gasteiger partial charge in [0.15, 0.2) is 6.23 Å². The Hall–Kier alpha value is -1.77. The Kier molecular flexibility index (Phi) is 3.41. The van der Waals surface area contributed by atoms with Crippen molar-refractivity contribution >= 4 is 12.1 Å². The third kappa shape index (κ3) is 2.01. The average Bonchev–Trinajstić information content (AvgIpc) is 2.65.